The van der Waals surface area contributed by atoms with E-state index in [0.717, 1.165) is 45.4 Å². The van der Waals surface area contributed by atoms with Crippen molar-refractivity contribution in [3.8, 4) is 0 Å². The second kappa shape index (κ2) is 5.35. The van der Waals surface area contributed by atoms with Crippen LogP contribution in [0.4, 0.5) is 4.79 Å². The van der Waals surface area contributed by atoms with Gasteiger partial charge in [-0.2, -0.15) is 0 Å². The summed E-state index contributed by atoms with van der Waals surface area (Å²) in [7, 11) is 0. The lowest BCUT2D eigenvalue weighted by Crippen LogP contribution is -2.45. The highest BCUT2D eigenvalue weighted by atomic mass is 16.2. The zero-order valence-electron chi connectivity index (χ0n) is 9.30. The molecule has 0 aromatic rings. The molecule has 2 fully saturated rings. The number of carbonyl (C=O) groups is 1. The quantitative estimate of drug-likeness (QED) is 0.678. The van der Waals surface area contributed by atoms with Gasteiger partial charge in [0.15, 0.2) is 0 Å². The summed E-state index contributed by atoms with van der Waals surface area (Å²) in [5.74, 6) is 0. The minimum atomic E-state index is 0.144. The first-order chi connectivity index (χ1) is 7.36. The molecule has 15 heavy (non-hydrogen) atoms. The average molecular weight is 211 g/mol. The molecule has 0 atom stereocenters. The van der Waals surface area contributed by atoms with Crippen LogP contribution < -0.4 is 10.6 Å². The second-order valence-electron chi connectivity index (χ2n) is 4.52. The van der Waals surface area contributed by atoms with E-state index in [1.807, 2.05) is 4.90 Å². The maximum Gasteiger partial charge on any atom is 0.317 e. The van der Waals surface area contributed by atoms with Crippen molar-refractivity contribution in [1.82, 2.24) is 15.5 Å². The van der Waals surface area contributed by atoms with Gasteiger partial charge in [0.2, 0.25) is 0 Å². The van der Waals surface area contributed by atoms with E-state index in [9.17, 15) is 4.79 Å². The van der Waals surface area contributed by atoms with E-state index >= 15 is 0 Å². The van der Waals surface area contributed by atoms with Crippen LogP contribution in [0.1, 0.15) is 32.1 Å². The number of urea groups is 1. The smallest absolute Gasteiger partial charge is 0.317 e. The van der Waals surface area contributed by atoms with Gasteiger partial charge in [-0.1, -0.05) is 12.8 Å². The van der Waals surface area contributed by atoms with Gasteiger partial charge in [0.25, 0.3) is 0 Å². The third kappa shape index (κ3) is 3.09. The lowest BCUT2D eigenvalue weighted by atomic mass is 10.2. The second-order valence-corrected chi connectivity index (χ2v) is 4.52. The molecule has 2 aliphatic rings. The third-order valence-electron chi connectivity index (χ3n) is 3.31. The minimum Gasteiger partial charge on any atom is -0.335 e. The standard InChI is InChI=1S/C11H21N3O/c15-11(13-10-4-1-2-5-10)14-8-3-6-12-7-9-14/h10,12H,1-9H2,(H,13,15). The van der Waals surface area contributed by atoms with Gasteiger partial charge in [0, 0.05) is 25.7 Å². The lowest BCUT2D eigenvalue weighted by molar-refractivity contribution is 0.197. The Hall–Kier alpha value is -0.770. The molecule has 4 heteroatoms. The fourth-order valence-electron chi connectivity index (χ4n) is 2.38. The molecule has 1 saturated heterocycles. The van der Waals surface area contributed by atoms with Crippen LogP contribution in [0.25, 0.3) is 0 Å². The van der Waals surface area contributed by atoms with Gasteiger partial charge in [-0.3, -0.25) is 0 Å². The van der Waals surface area contributed by atoms with E-state index in [2.05, 4.69) is 10.6 Å². The molecule has 0 bridgehead atoms. The van der Waals surface area contributed by atoms with Crippen LogP contribution in [0.5, 0.6) is 0 Å². The van der Waals surface area contributed by atoms with Gasteiger partial charge in [-0.05, 0) is 25.8 Å². The van der Waals surface area contributed by atoms with E-state index < -0.39 is 0 Å². The number of rotatable bonds is 1. The normalized spacial score (nSPS) is 23.9. The van der Waals surface area contributed by atoms with Gasteiger partial charge < -0.3 is 15.5 Å². The number of hydrogen-bond acceptors (Lipinski definition) is 2. The van der Waals surface area contributed by atoms with Crippen molar-refractivity contribution in [1.29, 1.82) is 0 Å². The summed E-state index contributed by atoms with van der Waals surface area (Å²) in [6, 6.07) is 0.583. The molecule has 0 aromatic carbocycles. The van der Waals surface area contributed by atoms with Gasteiger partial charge in [-0.15, -0.1) is 0 Å². The zero-order valence-corrected chi connectivity index (χ0v) is 9.30. The van der Waals surface area contributed by atoms with Gasteiger partial charge in [-0.25, -0.2) is 4.79 Å². The number of amides is 2. The summed E-state index contributed by atoms with van der Waals surface area (Å²) in [5, 5.41) is 6.44. The third-order valence-corrected chi connectivity index (χ3v) is 3.31. The van der Waals surface area contributed by atoms with Crippen molar-refractivity contribution in [3.05, 3.63) is 0 Å². The lowest BCUT2D eigenvalue weighted by Gasteiger charge is -2.23. The monoisotopic (exact) mass is 211 g/mol. The van der Waals surface area contributed by atoms with Gasteiger partial charge >= 0.3 is 6.03 Å². The summed E-state index contributed by atoms with van der Waals surface area (Å²) >= 11 is 0. The molecule has 2 N–H and O–H groups in total. The van der Waals surface area contributed by atoms with E-state index in [1.54, 1.807) is 0 Å². The van der Waals surface area contributed by atoms with Crippen molar-refractivity contribution in [2.45, 2.75) is 38.1 Å². The summed E-state index contributed by atoms with van der Waals surface area (Å²) in [6.07, 6.45) is 5.94. The molecule has 2 rings (SSSR count). The first-order valence-electron chi connectivity index (χ1n) is 6.12. The predicted molar refractivity (Wildman–Crippen MR) is 59.8 cm³/mol. The zero-order chi connectivity index (χ0) is 10.5. The fourth-order valence-corrected chi connectivity index (χ4v) is 2.38. The van der Waals surface area contributed by atoms with Crippen molar-refractivity contribution in [3.63, 3.8) is 0 Å². The summed E-state index contributed by atoms with van der Waals surface area (Å²) in [4.78, 5) is 13.8. The Morgan fingerprint density at radius 2 is 1.93 bits per heavy atom. The molecule has 1 aliphatic heterocycles. The molecule has 0 unspecified atom stereocenters. The van der Waals surface area contributed by atoms with E-state index in [1.165, 1.54) is 12.8 Å². The highest BCUT2D eigenvalue weighted by Crippen LogP contribution is 2.17. The van der Waals surface area contributed by atoms with E-state index in [-0.39, 0.29) is 6.03 Å². The number of nitrogens with one attached hydrogen (secondary N) is 2. The maximum absolute atomic E-state index is 11.9. The maximum atomic E-state index is 11.9. The molecule has 0 radical (unpaired) electrons. The highest BCUT2D eigenvalue weighted by molar-refractivity contribution is 5.74. The SMILES string of the molecule is O=C(NC1CCCC1)N1CCCNCC1. The van der Waals surface area contributed by atoms with Crippen LogP contribution in [-0.2, 0) is 0 Å². The molecule has 2 amide bonds. The first kappa shape index (κ1) is 10.7. The molecule has 0 aromatic heterocycles. The minimum absolute atomic E-state index is 0.144. The van der Waals surface area contributed by atoms with Crippen LogP contribution >= 0.6 is 0 Å². The molecule has 0 spiro atoms. The first-order valence-corrected chi connectivity index (χ1v) is 6.12. The van der Waals surface area contributed by atoms with Crippen LogP contribution in [-0.4, -0.2) is 43.2 Å². The Morgan fingerprint density at radius 1 is 1.13 bits per heavy atom. The van der Waals surface area contributed by atoms with Crippen molar-refractivity contribution in [2.75, 3.05) is 26.2 Å². The molecule has 1 saturated carbocycles. The molecule has 86 valence electrons. The highest BCUT2D eigenvalue weighted by Gasteiger charge is 2.21. The van der Waals surface area contributed by atoms with Crippen molar-refractivity contribution < 1.29 is 4.79 Å². The predicted octanol–water partition coefficient (Wildman–Crippen LogP) is 0.934. The molecule has 1 heterocycles. The van der Waals surface area contributed by atoms with Crippen LogP contribution in [0, 0.1) is 0 Å². The summed E-state index contributed by atoms with van der Waals surface area (Å²) < 4.78 is 0. The Bertz CT molecular complexity index is 206. The Morgan fingerprint density at radius 3 is 2.73 bits per heavy atom. The number of hydrogen-bond donors (Lipinski definition) is 2. The van der Waals surface area contributed by atoms with Crippen LogP contribution in [0.15, 0.2) is 0 Å². The Kier molecular flexibility index (Phi) is 3.83. The molecule has 1 aliphatic carbocycles. The molecule has 4 nitrogen and oxygen atoms in total. The fraction of sp³-hybridized carbons (Fsp3) is 0.909. The van der Waals surface area contributed by atoms with E-state index in [0.29, 0.717) is 6.04 Å². The average Bonchev–Trinajstić information content (AvgIpc) is 2.58. The number of nitrogens with zero attached hydrogens (tertiary/aromatic N) is 1. The van der Waals surface area contributed by atoms with Gasteiger partial charge in [0.1, 0.15) is 0 Å². The van der Waals surface area contributed by atoms with Gasteiger partial charge in [0.05, 0.1) is 0 Å². The summed E-state index contributed by atoms with van der Waals surface area (Å²) in [5.41, 5.74) is 0. The Labute approximate surface area is 91.4 Å². The van der Waals surface area contributed by atoms with Crippen molar-refractivity contribution in [2.24, 2.45) is 0 Å². The van der Waals surface area contributed by atoms with Crippen LogP contribution in [0.2, 0.25) is 0 Å². The summed E-state index contributed by atoms with van der Waals surface area (Å²) in [6.45, 7) is 3.70. The van der Waals surface area contributed by atoms with E-state index in [4.69, 9.17) is 0 Å². The Balaban J connectivity index is 1.77. The topological polar surface area (TPSA) is 44.4 Å². The van der Waals surface area contributed by atoms with Crippen LogP contribution in [0.3, 0.4) is 0 Å². The molecular weight excluding hydrogens is 190 g/mol. The largest absolute Gasteiger partial charge is 0.335 e. The number of carbonyl (C=O) groups excluding carboxylic acids is 1. The van der Waals surface area contributed by atoms with Crippen molar-refractivity contribution >= 4 is 6.03 Å². The molecular formula is C11H21N3O.